The standard InChI is InChI=1S/C78H158O5/c1-11-21-25-29-33-37-41-45-49-53-57-63-75(77(80-67-17-7,81-68-18-8)65-59-55-51-47-43-39-35-31-27-23-13-3)73(61-15-5)71-79-72-74(62-16-6)76(64-58-54-50-46-42-38-34-30-26-22-12-2)78(82-69-19-9,83-70-20-10)66-60-56-52-48-44-40-36-32-28-24-14-4/h73-76H,11-72H2,1-10H3. The summed E-state index contributed by atoms with van der Waals surface area (Å²) < 4.78 is 36.7. The molecule has 0 aliphatic carbocycles. The third-order valence-corrected chi connectivity index (χ3v) is 18.9. The van der Waals surface area contributed by atoms with E-state index in [0.717, 1.165) is 104 Å². The Labute approximate surface area is 524 Å². The van der Waals surface area contributed by atoms with Crippen LogP contribution >= 0.6 is 0 Å². The van der Waals surface area contributed by atoms with Gasteiger partial charge >= 0.3 is 0 Å². The van der Waals surface area contributed by atoms with E-state index in [1.807, 2.05) is 0 Å². The number of hydrogen-bond donors (Lipinski definition) is 0. The number of rotatable bonds is 72. The van der Waals surface area contributed by atoms with Crippen LogP contribution in [0.15, 0.2) is 0 Å². The van der Waals surface area contributed by atoms with E-state index < -0.39 is 11.6 Å². The zero-order valence-corrected chi connectivity index (χ0v) is 59.2. The van der Waals surface area contributed by atoms with Crippen molar-refractivity contribution in [2.24, 2.45) is 23.7 Å². The van der Waals surface area contributed by atoms with Gasteiger partial charge in [-0.05, 0) is 76.0 Å². The van der Waals surface area contributed by atoms with Gasteiger partial charge in [0.15, 0.2) is 11.6 Å². The maximum atomic E-state index is 7.45. The molecule has 0 radical (unpaired) electrons. The topological polar surface area (TPSA) is 46.2 Å². The molecule has 5 nitrogen and oxygen atoms in total. The van der Waals surface area contributed by atoms with Crippen molar-refractivity contribution in [1.82, 2.24) is 0 Å². The Balaban J connectivity index is 6.92. The lowest BCUT2D eigenvalue weighted by Crippen LogP contribution is -2.49. The average molecular weight is 1180 g/mol. The molecule has 4 atom stereocenters. The summed E-state index contributed by atoms with van der Waals surface area (Å²) in [6.07, 6.45) is 73.3. The van der Waals surface area contributed by atoms with Gasteiger partial charge in [0.1, 0.15) is 0 Å². The van der Waals surface area contributed by atoms with E-state index in [1.165, 1.54) is 295 Å². The molecule has 0 fully saturated rings. The molecule has 0 bridgehead atoms. The molecular formula is C78H158O5. The Kier molecular flexibility index (Phi) is 64.6. The predicted octanol–water partition coefficient (Wildman–Crippen LogP) is 27.0. The van der Waals surface area contributed by atoms with Gasteiger partial charge in [-0.25, -0.2) is 0 Å². The zero-order chi connectivity index (χ0) is 60.7. The highest BCUT2D eigenvalue weighted by molar-refractivity contribution is 4.89. The van der Waals surface area contributed by atoms with E-state index in [-0.39, 0.29) is 0 Å². The molecule has 4 unspecified atom stereocenters. The van der Waals surface area contributed by atoms with Gasteiger partial charge in [0.25, 0.3) is 0 Å². The summed E-state index contributed by atoms with van der Waals surface area (Å²) in [5, 5.41) is 0. The number of unbranched alkanes of at least 4 members (excludes halogenated alkanes) is 40. The summed E-state index contributed by atoms with van der Waals surface area (Å²) in [6, 6.07) is 0. The lowest BCUT2D eigenvalue weighted by molar-refractivity contribution is -0.288. The molecule has 0 aromatic carbocycles. The second kappa shape index (κ2) is 64.8. The second-order valence-electron chi connectivity index (χ2n) is 27.1. The van der Waals surface area contributed by atoms with Gasteiger partial charge in [-0.3, -0.25) is 0 Å². The summed E-state index contributed by atoms with van der Waals surface area (Å²) >= 11 is 0. The molecular weight excluding hydrogens is 1020 g/mol. The Morgan fingerprint density at radius 1 is 0.205 bits per heavy atom. The van der Waals surface area contributed by atoms with E-state index in [0.29, 0.717) is 23.7 Å². The van der Waals surface area contributed by atoms with Crippen LogP contribution in [0.4, 0.5) is 0 Å². The van der Waals surface area contributed by atoms with Crippen LogP contribution in [0.5, 0.6) is 0 Å². The fraction of sp³-hybridized carbons (Fsp3) is 1.00. The van der Waals surface area contributed by atoms with Crippen LogP contribution in [0.2, 0.25) is 0 Å². The number of hydrogen-bond acceptors (Lipinski definition) is 5. The summed E-state index contributed by atoms with van der Waals surface area (Å²) in [6.45, 7) is 28.0. The molecule has 0 heterocycles. The third kappa shape index (κ3) is 46.5. The first-order valence-corrected chi connectivity index (χ1v) is 39.0. The minimum Gasteiger partial charge on any atom is -0.381 e. The normalized spacial score (nSPS) is 13.8. The van der Waals surface area contributed by atoms with Crippen LogP contribution in [0.3, 0.4) is 0 Å². The Hall–Kier alpha value is -0.200. The van der Waals surface area contributed by atoms with Gasteiger partial charge < -0.3 is 23.7 Å². The molecule has 0 rings (SSSR count). The fourth-order valence-corrected chi connectivity index (χ4v) is 13.9. The highest BCUT2D eigenvalue weighted by Gasteiger charge is 2.46. The summed E-state index contributed by atoms with van der Waals surface area (Å²) in [7, 11) is 0. The van der Waals surface area contributed by atoms with Crippen molar-refractivity contribution in [1.29, 1.82) is 0 Å². The molecule has 0 aromatic rings. The van der Waals surface area contributed by atoms with Crippen LogP contribution in [0.25, 0.3) is 0 Å². The first-order chi connectivity index (χ1) is 40.9. The molecule has 83 heavy (non-hydrogen) atoms. The van der Waals surface area contributed by atoms with Crippen molar-refractivity contribution in [2.45, 2.75) is 440 Å². The summed E-state index contributed by atoms with van der Waals surface area (Å²) in [4.78, 5) is 0. The van der Waals surface area contributed by atoms with Crippen LogP contribution in [0.1, 0.15) is 429 Å². The molecule has 0 amide bonds. The Bertz CT molecular complexity index is 1100. The minimum absolute atomic E-state index is 0.319. The maximum Gasteiger partial charge on any atom is 0.171 e. The van der Waals surface area contributed by atoms with Gasteiger partial charge in [-0.2, -0.15) is 0 Å². The van der Waals surface area contributed by atoms with Gasteiger partial charge in [0.05, 0.1) is 0 Å². The van der Waals surface area contributed by atoms with Crippen molar-refractivity contribution in [3.63, 3.8) is 0 Å². The molecule has 0 spiro atoms. The van der Waals surface area contributed by atoms with Crippen LogP contribution in [0, 0.1) is 23.7 Å². The lowest BCUT2D eigenvalue weighted by atomic mass is 9.76. The van der Waals surface area contributed by atoms with Gasteiger partial charge in [0.2, 0.25) is 0 Å². The molecule has 0 saturated heterocycles. The molecule has 0 saturated carbocycles. The average Bonchev–Trinajstić information content (AvgIpc) is 3.58. The molecule has 0 N–H and O–H groups in total. The molecule has 5 heteroatoms. The van der Waals surface area contributed by atoms with Crippen LogP contribution in [-0.2, 0) is 23.7 Å². The SMILES string of the molecule is CCCCCCCCCCCCCC(C(CCC)COCC(CCC)C(CCCCCCCCCCCCC)C(CCCCCCCCCCCCC)(OCCC)OCCC)C(CCCCCCCCCCCCC)(OCCC)OCCC. The molecule has 500 valence electrons. The van der Waals surface area contributed by atoms with Gasteiger partial charge in [-0.15, -0.1) is 0 Å². The van der Waals surface area contributed by atoms with E-state index in [4.69, 9.17) is 23.7 Å². The summed E-state index contributed by atoms with van der Waals surface area (Å²) in [5.74, 6) is 0.314. The predicted molar refractivity (Wildman–Crippen MR) is 369 cm³/mol. The monoisotopic (exact) mass is 1180 g/mol. The smallest absolute Gasteiger partial charge is 0.171 e. The van der Waals surface area contributed by atoms with Gasteiger partial charge in [0, 0.05) is 64.3 Å². The molecule has 0 aliphatic rings. The molecule has 0 aliphatic heterocycles. The van der Waals surface area contributed by atoms with E-state index in [2.05, 4.69) is 69.2 Å². The highest BCUT2D eigenvalue weighted by Crippen LogP contribution is 2.44. The summed E-state index contributed by atoms with van der Waals surface area (Å²) in [5.41, 5.74) is 0. The lowest BCUT2D eigenvalue weighted by Gasteiger charge is -2.46. The van der Waals surface area contributed by atoms with Crippen molar-refractivity contribution < 1.29 is 23.7 Å². The minimum atomic E-state index is -0.556. The first kappa shape index (κ1) is 82.8. The molecule has 0 aromatic heterocycles. The third-order valence-electron chi connectivity index (χ3n) is 18.9. The Morgan fingerprint density at radius 2 is 0.410 bits per heavy atom. The van der Waals surface area contributed by atoms with Crippen molar-refractivity contribution in [2.75, 3.05) is 39.6 Å². The number of ether oxygens (including phenoxy) is 5. The van der Waals surface area contributed by atoms with Crippen LogP contribution in [-0.4, -0.2) is 51.2 Å². The van der Waals surface area contributed by atoms with Crippen molar-refractivity contribution in [3.8, 4) is 0 Å². The van der Waals surface area contributed by atoms with E-state index >= 15 is 0 Å². The van der Waals surface area contributed by atoms with E-state index in [1.54, 1.807) is 0 Å². The second-order valence-corrected chi connectivity index (χ2v) is 27.1. The van der Waals surface area contributed by atoms with Crippen molar-refractivity contribution >= 4 is 0 Å². The Morgan fingerprint density at radius 3 is 0.614 bits per heavy atom. The highest BCUT2D eigenvalue weighted by atomic mass is 16.7. The largest absolute Gasteiger partial charge is 0.381 e. The maximum absolute atomic E-state index is 7.45. The quantitative estimate of drug-likeness (QED) is 0.0449. The van der Waals surface area contributed by atoms with Crippen molar-refractivity contribution in [3.05, 3.63) is 0 Å². The van der Waals surface area contributed by atoms with Gasteiger partial charge in [-0.1, -0.05) is 352 Å². The first-order valence-electron chi connectivity index (χ1n) is 39.0. The zero-order valence-electron chi connectivity index (χ0n) is 59.2. The van der Waals surface area contributed by atoms with Crippen LogP contribution < -0.4 is 0 Å². The van der Waals surface area contributed by atoms with E-state index in [9.17, 15) is 0 Å². The fourth-order valence-electron chi connectivity index (χ4n) is 13.9.